The lowest BCUT2D eigenvalue weighted by Gasteiger charge is -2.37. The van der Waals surface area contributed by atoms with Crippen molar-refractivity contribution >= 4 is 15.7 Å². The Labute approximate surface area is 139 Å². The average Bonchev–Trinajstić information content (AvgIpc) is 3.08. The zero-order valence-corrected chi connectivity index (χ0v) is 14.9. The highest BCUT2D eigenvalue weighted by atomic mass is 32.2. The molecule has 1 amide bonds. The average molecular weight is 346 g/mol. The lowest BCUT2D eigenvalue weighted by atomic mass is 9.79. The van der Waals surface area contributed by atoms with Crippen molar-refractivity contribution in [3.8, 4) is 0 Å². The number of nitrogens with one attached hydrogen (secondary N) is 2. The minimum Gasteiger partial charge on any atom is -0.384 e. The van der Waals surface area contributed by atoms with Crippen molar-refractivity contribution < 1.29 is 17.9 Å². The number of carbonyl (C=O) groups is 1. The number of ether oxygens (including phenoxy) is 1. The van der Waals surface area contributed by atoms with E-state index in [9.17, 15) is 13.2 Å². The Kier molecular flexibility index (Phi) is 6.85. The fourth-order valence-electron chi connectivity index (χ4n) is 3.66. The van der Waals surface area contributed by atoms with Gasteiger partial charge < -0.3 is 15.4 Å². The topological polar surface area (TPSA) is 84.5 Å². The van der Waals surface area contributed by atoms with Gasteiger partial charge in [-0.2, -0.15) is 0 Å². The van der Waals surface area contributed by atoms with Crippen LogP contribution >= 0.6 is 0 Å². The van der Waals surface area contributed by atoms with Crippen molar-refractivity contribution in [2.24, 2.45) is 5.41 Å². The van der Waals surface area contributed by atoms with Crippen molar-refractivity contribution in [1.82, 2.24) is 10.6 Å². The van der Waals surface area contributed by atoms with Crippen LogP contribution in [0.3, 0.4) is 0 Å². The molecule has 2 aliphatic rings. The normalized spacial score (nSPS) is 22.1. The first-order valence-corrected chi connectivity index (χ1v) is 10.4. The van der Waals surface area contributed by atoms with Crippen LogP contribution in [0.5, 0.6) is 0 Å². The number of amides is 1. The molecular weight excluding hydrogens is 316 g/mol. The minimum atomic E-state index is -3.12. The quantitative estimate of drug-likeness (QED) is 0.681. The fourth-order valence-corrected chi connectivity index (χ4v) is 5.51. The fraction of sp³-hybridized carbons (Fsp3) is 0.938. The summed E-state index contributed by atoms with van der Waals surface area (Å²) in [4.78, 5) is 12.1. The summed E-state index contributed by atoms with van der Waals surface area (Å²) >= 11 is 0. The van der Waals surface area contributed by atoms with Crippen LogP contribution in [0.4, 0.5) is 0 Å². The summed E-state index contributed by atoms with van der Waals surface area (Å²) in [5, 5.41) is 6.02. The van der Waals surface area contributed by atoms with Crippen LogP contribution < -0.4 is 10.6 Å². The molecule has 23 heavy (non-hydrogen) atoms. The third-order valence-corrected chi connectivity index (χ3v) is 7.46. The lowest BCUT2D eigenvalue weighted by Crippen LogP contribution is -2.47. The molecule has 1 aliphatic carbocycles. The van der Waals surface area contributed by atoms with Crippen LogP contribution in [0.2, 0.25) is 0 Å². The minimum absolute atomic E-state index is 0.0255. The second kappa shape index (κ2) is 8.44. The highest BCUT2D eigenvalue weighted by Crippen LogP contribution is 2.28. The number of hydrogen-bond donors (Lipinski definition) is 2. The molecule has 1 aliphatic heterocycles. The second-order valence-electron chi connectivity index (χ2n) is 6.98. The van der Waals surface area contributed by atoms with Crippen molar-refractivity contribution in [1.29, 1.82) is 0 Å². The van der Waals surface area contributed by atoms with E-state index >= 15 is 0 Å². The summed E-state index contributed by atoms with van der Waals surface area (Å²) in [6.45, 7) is 3.03. The first kappa shape index (κ1) is 18.7. The number of rotatable bonds is 8. The maximum Gasteiger partial charge on any atom is 0.221 e. The Balaban J connectivity index is 1.77. The molecule has 1 saturated heterocycles. The molecule has 0 radical (unpaired) electrons. The smallest absolute Gasteiger partial charge is 0.221 e. The van der Waals surface area contributed by atoms with Crippen molar-refractivity contribution in [2.45, 2.75) is 50.2 Å². The molecule has 2 rings (SSSR count). The van der Waals surface area contributed by atoms with Crippen LogP contribution in [0.15, 0.2) is 0 Å². The standard InChI is InChI=1S/C16H30N2O4S/c1-22-13-16(7-9-17-10-8-16)12-18-15(19)6-11-23(20,21)14-4-2-3-5-14/h14,17H,2-13H2,1H3,(H,18,19). The molecular formula is C16H30N2O4S. The highest BCUT2D eigenvalue weighted by molar-refractivity contribution is 7.92. The van der Waals surface area contributed by atoms with Crippen molar-refractivity contribution in [3.63, 3.8) is 0 Å². The molecule has 0 spiro atoms. The number of piperidine rings is 1. The van der Waals surface area contributed by atoms with E-state index in [4.69, 9.17) is 4.74 Å². The number of carbonyl (C=O) groups excluding carboxylic acids is 1. The molecule has 7 heteroatoms. The Bertz CT molecular complexity index is 475. The number of sulfone groups is 1. The SMILES string of the molecule is COCC1(CNC(=O)CCS(=O)(=O)C2CCCC2)CCNCC1. The lowest BCUT2D eigenvalue weighted by molar-refractivity contribution is -0.121. The van der Waals surface area contributed by atoms with Crippen LogP contribution in [0.1, 0.15) is 44.9 Å². The van der Waals surface area contributed by atoms with Crippen LogP contribution in [-0.2, 0) is 19.4 Å². The van der Waals surface area contributed by atoms with Gasteiger partial charge in [0.05, 0.1) is 17.6 Å². The van der Waals surface area contributed by atoms with Gasteiger partial charge >= 0.3 is 0 Å². The van der Waals surface area contributed by atoms with E-state index in [1.165, 1.54) is 0 Å². The molecule has 0 aromatic carbocycles. The Morgan fingerprint density at radius 1 is 1.26 bits per heavy atom. The van der Waals surface area contributed by atoms with Gasteiger partial charge in [-0.1, -0.05) is 12.8 Å². The molecule has 6 nitrogen and oxygen atoms in total. The highest BCUT2D eigenvalue weighted by Gasteiger charge is 2.33. The van der Waals surface area contributed by atoms with E-state index in [-0.39, 0.29) is 28.7 Å². The maximum absolute atomic E-state index is 12.2. The van der Waals surface area contributed by atoms with Gasteiger partial charge in [0.2, 0.25) is 5.91 Å². The van der Waals surface area contributed by atoms with E-state index in [1.807, 2.05) is 0 Å². The van der Waals surface area contributed by atoms with E-state index in [0.29, 0.717) is 13.2 Å². The van der Waals surface area contributed by atoms with Gasteiger partial charge in [-0.05, 0) is 38.8 Å². The summed E-state index contributed by atoms with van der Waals surface area (Å²) in [5.74, 6) is -0.192. The summed E-state index contributed by atoms with van der Waals surface area (Å²) in [5.41, 5.74) is -0.0278. The summed E-state index contributed by atoms with van der Waals surface area (Å²) in [6.07, 6.45) is 5.48. The van der Waals surface area contributed by atoms with Crippen LogP contribution in [0, 0.1) is 5.41 Å². The van der Waals surface area contributed by atoms with Gasteiger partial charge in [-0.15, -0.1) is 0 Å². The van der Waals surface area contributed by atoms with Crippen LogP contribution in [0.25, 0.3) is 0 Å². The predicted octanol–water partition coefficient (Wildman–Crippen LogP) is 0.866. The van der Waals surface area contributed by atoms with Gasteiger partial charge in [0.25, 0.3) is 0 Å². The zero-order valence-electron chi connectivity index (χ0n) is 14.1. The number of hydrogen-bond acceptors (Lipinski definition) is 5. The molecule has 2 N–H and O–H groups in total. The molecule has 0 unspecified atom stereocenters. The summed E-state index contributed by atoms with van der Waals surface area (Å²) in [6, 6.07) is 0. The van der Waals surface area contributed by atoms with E-state index in [2.05, 4.69) is 10.6 Å². The first-order chi connectivity index (χ1) is 11.0. The molecule has 2 fully saturated rings. The monoisotopic (exact) mass is 346 g/mol. The largest absolute Gasteiger partial charge is 0.384 e. The second-order valence-corrected chi connectivity index (χ2v) is 9.38. The van der Waals surface area contributed by atoms with Gasteiger partial charge in [0.15, 0.2) is 9.84 Å². The van der Waals surface area contributed by atoms with Gasteiger partial charge in [0.1, 0.15) is 0 Å². The van der Waals surface area contributed by atoms with Gasteiger partial charge in [-0.25, -0.2) is 8.42 Å². The first-order valence-electron chi connectivity index (χ1n) is 8.65. The molecule has 134 valence electrons. The molecule has 0 atom stereocenters. The molecule has 0 bridgehead atoms. The third-order valence-electron chi connectivity index (χ3n) is 5.20. The molecule has 0 aromatic heterocycles. The Hall–Kier alpha value is -0.660. The van der Waals surface area contributed by atoms with Crippen molar-refractivity contribution in [3.05, 3.63) is 0 Å². The molecule has 1 heterocycles. The molecule has 0 aromatic rings. The Morgan fingerprint density at radius 3 is 2.52 bits per heavy atom. The van der Waals surface area contributed by atoms with Gasteiger partial charge in [0, 0.05) is 25.5 Å². The number of methoxy groups -OCH3 is 1. The zero-order chi connectivity index (χ0) is 16.8. The maximum atomic E-state index is 12.2. The Morgan fingerprint density at radius 2 is 1.91 bits per heavy atom. The van der Waals surface area contributed by atoms with E-state index < -0.39 is 9.84 Å². The van der Waals surface area contributed by atoms with Crippen LogP contribution in [-0.4, -0.2) is 58.7 Å². The summed E-state index contributed by atoms with van der Waals surface area (Å²) in [7, 11) is -1.44. The third kappa shape index (κ3) is 5.43. The van der Waals surface area contributed by atoms with Gasteiger partial charge in [-0.3, -0.25) is 4.79 Å². The van der Waals surface area contributed by atoms with Crippen molar-refractivity contribution in [2.75, 3.05) is 39.1 Å². The summed E-state index contributed by atoms with van der Waals surface area (Å²) < 4.78 is 29.7. The molecule has 1 saturated carbocycles. The van der Waals surface area contributed by atoms with E-state index in [0.717, 1.165) is 51.6 Å². The van der Waals surface area contributed by atoms with E-state index in [1.54, 1.807) is 7.11 Å². The predicted molar refractivity (Wildman–Crippen MR) is 90.1 cm³/mol.